The highest BCUT2D eigenvalue weighted by Crippen LogP contribution is 2.29. The molecule has 0 amide bonds. The second-order valence-electron chi connectivity index (χ2n) is 7.11. The number of aromatic nitrogens is 3. The summed E-state index contributed by atoms with van der Waals surface area (Å²) in [6.45, 7) is 1.62. The summed E-state index contributed by atoms with van der Waals surface area (Å²) in [7, 11) is -3.30. The van der Waals surface area contributed by atoms with Crippen molar-refractivity contribution in [1.82, 2.24) is 14.8 Å². The second-order valence-corrected chi connectivity index (χ2v) is 10.3. The Bertz CT molecular complexity index is 1510. The predicted molar refractivity (Wildman–Crippen MR) is 128 cm³/mol. The monoisotopic (exact) mass is 461 g/mol. The van der Waals surface area contributed by atoms with Crippen LogP contribution in [-0.4, -0.2) is 28.9 Å². The molecule has 0 saturated heterocycles. The van der Waals surface area contributed by atoms with E-state index in [1.807, 2.05) is 64.8 Å². The molecule has 3 aromatic heterocycles. The quantitative estimate of drug-likeness (QED) is 0.324. The molecule has 0 bridgehead atoms. The molecule has 5 rings (SSSR count). The molecule has 0 N–H and O–H groups in total. The van der Waals surface area contributed by atoms with Crippen molar-refractivity contribution in [3.05, 3.63) is 83.7 Å². The van der Waals surface area contributed by atoms with E-state index in [-0.39, 0.29) is 10.6 Å². The molecule has 0 unspecified atom stereocenters. The fourth-order valence-electron chi connectivity index (χ4n) is 3.34. The normalized spacial score (nSPS) is 12.2. The number of rotatable bonds is 6. The van der Waals surface area contributed by atoms with Crippen LogP contribution in [0, 0.1) is 0 Å². The molecule has 0 radical (unpaired) electrons. The maximum Gasteiger partial charge on any atom is 0.220 e. The van der Waals surface area contributed by atoms with E-state index in [4.69, 9.17) is 9.52 Å². The summed E-state index contributed by atoms with van der Waals surface area (Å²) in [6.07, 6.45) is 5.66. The largest absolute Gasteiger partial charge is 0.437 e. The fraction of sp³-hybridized carbons (Fsp3) is 0.0833. The van der Waals surface area contributed by atoms with E-state index in [2.05, 4.69) is 4.98 Å². The van der Waals surface area contributed by atoms with Gasteiger partial charge >= 0.3 is 0 Å². The Kier molecular flexibility index (Phi) is 5.24. The van der Waals surface area contributed by atoms with Crippen molar-refractivity contribution in [3.8, 4) is 16.3 Å². The van der Waals surface area contributed by atoms with Crippen molar-refractivity contribution < 1.29 is 12.8 Å². The first-order chi connectivity index (χ1) is 15.5. The van der Waals surface area contributed by atoms with E-state index in [1.165, 1.54) is 0 Å². The molecule has 0 aliphatic rings. The second kappa shape index (κ2) is 8.22. The van der Waals surface area contributed by atoms with Crippen LogP contribution in [0.25, 0.3) is 39.5 Å². The van der Waals surface area contributed by atoms with E-state index in [0.29, 0.717) is 17.0 Å². The highest BCUT2D eigenvalue weighted by atomic mass is 32.2. The van der Waals surface area contributed by atoms with Crippen LogP contribution >= 0.6 is 11.3 Å². The van der Waals surface area contributed by atoms with Crippen LogP contribution in [0.3, 0.4) is 0 Å². The van der Waals surface area contributed by atoms with E-state index in [9.17, 15) is 8.42 Å². The Balaban J connectivity index is 1.52. The van der Waals surface area contributed by atoms with Crippen molar-refractivity contribution >= 4 is 44.4 Å². The van der Waals surface area contributed by atoms with Gasteiger partial charge in [-0.3, -0.25) is 0 Å². The maximum atomic E-state index is 12.2. The van der Waals surface area contributed by atoms with Crippen molar-refractivity contribution in [2.24, 2.45) is 0 Å². The number of nitrogens with zero attached hydrogens (tertiary/aromatic N) is 3. The molecule has 0 atom stereocenters. The van der Waals surface area contributed by atoms with Gasteiger partial charge in [-0.05, 0) is 47.9 Å². The molecule has 0 aliphatic carbocycles. The van der Waals surface area contributed by atoms with Gasteiger partial charge in [0, 0.05) is 17.8 Å². The molecule has 32 heavy (non-hydrogen) atoms. The van der Waals surface area contributed by atoms with Crippen LogP contribution in [-0.2, 0) is 9.84 Å². The predicted octanol–water partition coefficient (Wildman–Crippen LogP) is 5.71. The van der Waals surface area contributed by atoms with Gasteiger partial charge in [-0.25, -0.2) is 18.1 Å². The number of oxazole rings is 1. The number of sulfone groups is 1. The van der Waals surface area contributed by atoms with Gasteiger partial charge in [0.25, 0.3) is 0 Å². The van der Waals surface area contributed by atoms with Crippen LogP contribution in [0.5, 0.6) is 0 Å². The van der Waals surface area contributed by atoms with E-state index in [0.717, 1.165) is 21.8 Å². The Morgan fingerprint density at radius 3 is 2.66 bits per heavy atom. The zero-order valence-electron chi connectivity index (χ0n) is 17.2. The number of para-hydroxylation sites is 1. The molecule has 8 heteroatoms. The molecular weight excluding hydrogens is 442 g/mol. The lowest BCUT2D eigenvalue weighted by Gasteiger charge is -1.99. The van der Waals surface area contributed by atoms with Gasteiger partial charge in [0.2, 0.25) is 5.89 Å². The average molecular weight is 462 g/mol. The summed E-state index contributed by atoms with van der Waals surface area (Å²) >= 11 is 1.62. The van der Waals surface area contributed by atoms with Crippen LogP contribution < -0.4 is 0 Å². The van der Waals surface area contributed by atoms with E-state index >= 15 is 0 Å². The molecule has 3 heterocycles. The minimum absolute atomic E-state index is 0.0417. The van der Waals surface area contributed by atoms with Crippen molar-refractivity contribution in [2.45, 2.75) is 11.8 Å². The van der Waals surface area contributed by atoms with Crippen LogP contribution in [0.4, 0.5) is 0 Å². The standard InChI is InChI=1S/C24H19N3O3S2/c1-2-32(28,29)19-11-12-21-20(15-19)25-23(30-21)13-10-17-16-27(18-7-4-3-5-8-18)26-24(17)22-9-6-14-31-22/h3-16H,2H2,1H3/b13-10+. The molecule has 5 aromatic rings. The topological polar surface area (TPSA) is 78.0 Å². The zero-order valence-corrected chi connectivity index (χ0v) is 18.8. The summed E-state index contributed by atoms with van der Waals surface area (Å²) in [5.74, 6) is 0.440. The third-order valence-electron chi connectivity index (χ3n) is 5.04. The Hall–Kier alpha value is -3.49. The third kappa shape index (κ3) is 3.90. The lowest BCUT2D eigenvalue weighted by atomic mass is 10.2. The maximum absolute atomic E-state index is 12.2. The molecule has 0 saturated carbocycles. The number of benzene rings is 2. The van der Waals surface area contributed by atoms with Crippen LogP contribution in [0.2, 0.25) is 0 Å². The van der Waals surface area contributed by atoms with Gasteiger partial charge in [0.05, 0.1) is 21.2 Å². The van der Waals surface area contributed by atoms with Gasteiger partial charge in [-0.15, -0.1) is 11.3 Å². The zero-order chi connectivity index (χ0) is 22.1. The number of fused-ring (bicyclic) bond motifs is 1. The highest BCUT2D eigenvalue weighted by Gasteiger charge is 2.15. The highest BCUT2D eigenvalue weighted by molar-refractivity contribution is 7.91. The summed E-state index contributed by atoms with van der Waals surface area (Å²) in [5.41, 5.74) is 3.81. The molecule has 2 aromatic carbocycles. The van der Waals surface area contributed by atoms with Gasteiger partial charge in [0.1, 0.15) is 11.2 Å². The lowest BCUT2D eigenvalue weighted by Crippen LogP contribution is -2.03. The number of hydrogen-bond acceptors (Lipinski definition) is 6. The van der Waals surface area contributed by atoms with Gasteiger partial charge in [-0.1, -0.05) is 31.2 Å². The molecule has 160 valence electrons. The van der Waals surface area contributed by atoms with Gasteiger partial charge in [-0.2, -0.15) is 5.10 Å². The first-order valence-corrected chi connectivity index (χ1v) is 12.6. The summed E-state index contributed by atoms with van der Waals surface area (Å²) < 4.78 is 31.9. The first-order valence-electron chi connectivity index (χ1n) is 10.0. The van der Waals surface area contributed by atoms with Gasteiger partial charge in [0.15, 0.2) is 15.4 Å². The summed E-state index contributed by atoms with van der Waals surface area (Å²) in [6, 6.07) is 18.7. The van der Waals surface area contributed by atoms with Crippen LogP contribution in [0.1, 0.15) is 18.4 Å². The molecular formula is C24H19N3O3S2. The Morgan fingerprint density at radius 2 is 1.91 bits per heavy atom. The SMILES string of the molecule is CCS(=O)(=O)c1ccc2oc(/C=C/c3cn(-c4ccccc4)nc3-c3cccs3)nc2c1. The van der Waals surface area contributed by atoms with Crippen LogP contribution in [0.15, 0.2) is 81.6 Å². The fourth-order valence-corrected chi connectivity index (χ4v) is 4.98. The van der Waals surface area contributed by atoms with E-state index < -0.39 is 9.84 Å². The van der Waals surface area contributed by atoms with Gasteiger partial charge < -0.3 is 4.42 Å². The Labute approximate surface area is 189 Å². The molecule has 0 aliphatic heterocycles. The molecule has 0 fully saturated rings. The van der Waals surface area contributed by atoms with E-state index in [1.54, 1.807) is 42.5 Å². The summed E-state index contributed by atoms with van der Waals surface area (Å²) in [4.78, 5) is 5.76. The molecule has 0 spiro atoms. The van der Waals surface area contributed by atoms with Crippen molar-refractivity contribution in [2.75, 3.05) is 5.75 Å². The summed E-state index contributed by atoms with van der Waals surface area (Å²) in [5, 5.41) is 6.81. The lowest BCUT2D eigenvalue weighted by molar-refractivity contribution is 0.589. The average Bonchev–Trinajstić information content (AvgIpc) is 3.56. The first kappa shape index (κ1) is 20.4. The minimum atomic E-state index is -3.30. The number of hydrogen-bond donors (Lipinski definition) is 0. The molecule has 6 nitrogen and oxygen atoms in total. The minimum Gasteiger partial charge on any atom is -0.437 e. The third-order valence-corrected chi connectivity index (χ3v) is 7.65. The smallest absolute Gasteiger partial charge is 0.220 e. The van der Waals surface area contributed by atoms with Crippen molar-refractivity contribution in [1.29, 1.82) is 0 Å². The van der Waals surface area contributed by atoms with Crippen molar-refractivity contribution in [3.63, 3.8) is 0 Å². The Morgan fingerprint density at radius 1 is 1.06 bits per heavy atom. The number of thiophene rings is 1.